The van der Waals surface area contributed by atoms with Crippen molar-refractivity contribution in [3.05, 3.63) is 6.33 Å². The van der Waals surface area contributed by atoms with E-state index in [0.717, 1.165) is 6.42 Å². The predicted octanol–water partition coefficient (Wildman–Crippen LogP) is 1.75. The second-order valence-electron chi connectivity index (χ2n) is 2.84. The molecule has 0 aliphatic carbocycles. The molecule has 2 aromatic heterocycles. The minimum atomic E-state index is 0.177. The van der Waals surface area contributed by atoms with Gasteiger partial charge < -0.3 is 15.5 Å². The highest BCUT2D eigenvalue weighted by Crippen LogP contribution is 2.19. The zero-order chi connectivity index (χ0) is 12.0. The van der Waals surface area contributed by atoms with Crippen molar-refractivity contribution >= 4 is 17.1 Å². The number of rotatable bonds is 3. The summed E-state index contributed by atoms with van der Waals surface area (Å²) in [5.41, 5.74) is 6.72. The molecule has 0 saturated heterocycles. The van der Waals surface area contributed by atoms with E-state index in [2.05, 4.69) is 19.9 Å². The van der Waals surface area contributed by atoms with Gasteiger partial charge in [-0.1, -0.05) is 20.8 Å². The third-order valence-corrected chi connectivity index (χ3v) is 1.71. The van der Waals surface area contributed by atoms with Crippen molar-refractivity contribution < 1.29 is 4.74 Å². The number of aromatic nitrogens is 4. The van der Waals surface area contributed by atoms with Crippen LogP contribution in [0.15, 0.2) is 6.33 Å². The molecule has 88 valence electrons. The van der Waals surface area contributed by atoms with Gasteiger partial charge in [-0.15, -0.1) is 0 Å². The van der Waals surface area contributed by atoms with E-state index in [1.165, 1.54) is 6.33 Å². The number of aromatic amines is 1. The molecule has 0 aliphatic heterocycles. The zero-order valence-electron chi connectivity index (χ0n) is 9.82. The molecule has 2 rings (SSSR count). The lowest BCUT2D eigenvalue weighted by atomic mass is 10.5. The number of ether oxygens (including phenoxy) is 1. The zero-order valence-corrected chi connectivity index (χ0v) is 9.82. The van der Waals surface area contributed by atoms with E-state index in [1.54, 1.807) is 0 Å². The van der Waals surface area contributed by atoms with Crippen molar-refractivity contribution in [3.63, 3.8) is 0 Å². The number of hydrogen-bond acceptors (Lipinski definition) is 5. The second kappa shape index (κ2) is 5.89. The molecule has 0 aromatic carbocycles. The second-order valence-corrected chi connectivity index (χ2v) is 2.84. The Morgan fingerprint density at radius 3 is 2.81 bits per heavy atom. The fourth-order valence-electron chi connectivity index (χ4n) is 1.13. The van der Waals surface area contributed by atoms with Gasteiger partial charge in [0, 0.05) is 0 Å². The largest absolute Gasteiger partial charge is 0.476 e. The highest BCUT2D eigenvalue weighted by atomic mass is 16.5. The molecule has 0 radical (unpaired) electrons. The number of nitrogen functional groups attached to an aromatic ring is 1. The Hall–Kier alpha value is -1.85. The first kappa shape index (κ1) is 12.2. The predicted molar refractivity (Wildman–Crippen MR) is 63.2 cm³/mol. The molecule has 3 N–H and O–H groups in total. The van der Waals surface area contributed by atoms with E-state index in [-0.39, 0.29) is 5.95 Å². The van der Waals surface area contributed by atoms with Gasteiger partial charge in [0.05, 0.1) is 12.9 Å². The Kier molecular flexibility index (Phi) is 4.50. The number of fused-ring (bicyclic) bond motifs is 1. The molecule has 0 spiro atoms. The molecule has 16 heavy (non-hydrogen) atoms. The molecular weight excluding hydrogens is 206 g/mol. The number of imidazole rings is 1. The van der Waals surface area contributed by atoms with Crippen molar-refractivity contribution in [1.82, 2.24) is 19.9 Å². The van der Waals surface area contributed by atoms with Crippen LogP contribution in [0.25, 0.3) is 11.2 Å². The van der Waals surface area contributed by atoms with Crippen molar-refractivity contribution in [2.24, 2.45) is 0 Å². The number of nitrogens with two attached hydrogens (primary N) is 1. The van der Waals surface area contributed by atoms with Gasteiger partial charge in [0.2, 0.25) is 11.8 Å². The quantitative estimate of drug-likeness (QED) is 0.827. The van der Waals surface area contributed by atoms with E-state index in [4.69, 9.17) is 10.5 Å². The van der Waals surface area contributed by atoms with Gasteiger partial charge in [-0.2, -0.15) is 9.97 Å². The third kappa shape index (κ3) is 2.59. The number of anilines is 1. The average Bonchev–Trinajstić information content (AvgIpc) is 2.76. The first-order valence-corrected chi connectivity index (χ1v) is 5.40. The smallest absolute Gasteiger partial charge is 0.245 e. The summed E-state index contributed by atoms with van der Waals surface area (Å²) >= 11 is 0. The van der Waals surface area contributed by atoms with Crippen LogP contribution in [0.1, 0.15) is 27.2 Å². The molecule has 0 saturated carbocycles. The van der Waals surface area contributed by atoms with Gasteiger partial charge >= 0.3 is 0 Å². The topological polar surface area (TPSA) is 89.7 Å². The minimum absolute atomic E-state index is 0.177. The first-order chi connectivity index (χ1) is 7.81. The van der Waals surface area contributed by atoms with Crippen LogP contribution in [0.2, 0.25) is 0 Å². The van der Waals surface area contributed by atoms with Crippen molar-refractivity contribution in [2.75, 3.05) is 12.3 Å². The maximum Gasteiger partial charge on any atom is 0.245 e. The third-order valence-electron chi connectivity index (χ3n) is 1.71. The van der Waals surface area contributed by atoms with Gasteiger partial charge in [-0.3, -0.25) is 0 Å². The molecular formula is C10H17N5O. The van der Waals surface area contributed by atoms with Gasteiger partial charge in [0.25, 0.3) is 0 Å². The molecule has 0 unspecified atom stereocenters. The van der Waals surface area contributed by atoms with Crippen LogP contribution in [0, 0.1) is 0 Å². The molecule has 6 nitrogen and oxygen atoms in total. The molecule has 2 aromatic rings. The summed E-state index contributed by atoms with van der Waals surface area (Å²) in [4.78, 5) is 14.8. The molecule has 6 heteroatoms. The highest BCUT2D eigenvalue weighted by Gasteiger charge is 2.08. The number of nitrogens with one attached hydrogen (secondary N) is 1. The molecule has 0 atom stereocenters. The van der Waals surface area contributed by atoms with Crippen molar-refractivity contribution in [3.8, 4) is 5.88 Å². The monoisotopic (exact) mass is 223 g/mol. The molecule has 2 heterocycles. The van der Waals surface area contributed by atoms with Crippen LogP contribution in [0.3, 0.4) is 0 Å². The summed E-state index contributed by atoms with van der Waals surface area (Å²) in [6.45, 7) is 6.62. The van der Waals surface area contributed by atoms with Gasteiger partial charge in [0.1, 0.15) is 5.52 Å². The summed E-state index contributed by atoms with van der Waals surface area (Å²) in [5.74, 6) is 0.641. The van der Waals surface area contributed by atoms with Gasteiger partial charge in [0.15, 0.2) is 5.65 Å². The first-order valence-electron chi connectivity index (χ1n) is 5.40. The minimum Gasteiger partial charge on any atom is -0.476 e. The van der Waals surface area contributed by atoms with E-state index in [1.807, 2.05) is 20.8 Å². The van der Waals surface area contributed by atoms with E-state index in [9.17, 15) is 0 Å². The summed E-state index contributed by atoms with van der Waals surface area (Å²) < 4.78 is 5.41. The molecule has 0 bridgehead atoms. The summed E-state index contributed by atoms with van der Waals surface area (Å²) in [6.07, 6.45) is 2.46. The number of nitrogens with zero attached hydrogens (tertiary/aromatic N) is 3. The van der Waals surface area contributed by atoms with E-state index < -0.39 is 0 Å². The lowest BCUT2D eigenvalue weighted by Crippen LogP contribution is -2.02. The highest BCUT2D eigenvalue weighted by molar-refractivity contribution is 5.76. The van der Waals surface area contributed by atoms with Crippen molar-refractivity contribution in [2.45, 2.75) is 27.2 Å². The maximum atomic E-state index is 5.50. The van der Waals surface area contributed by atoms with E-state index >= 15 is 0 Å². The van der Waals surface area contributed by atoms with Crippen molar-refractivity contribution in [1.29, 1.82) is 0 Å². The Morgan fingerprint density at radius 2 is 2.12 bits per heavy atom. The normalized spacial score (nSPS) is 9.69. The maximum absolute atomic E-state index is 5.50. The van der Waals surface area contributed by atoms with Gasteiger partial charge in [-0.25, -0.2) is 4.98 Å². The van der Waals surface area contributed by atoms with Gasteiger partial charge in [-0.05, 0) is 6.42 Å². The lowest BCUT2D eigenvalue weighted by Gasteiger charge is -2.03. The SMILES string of the molecule is CC.CCCOc1nc(N)nc2nc[nH]c12. The summed E-state index contributed by atoms with van der Waals surface area (Å²) in [7, 11) is 0. The average molecular weight is 223 g/mol. The Balaban J connectivity index is 0.000000606. The Morgan fingerprint density at radius 1 is 1.38 bits per heavy atom. The molecule has 0 amide bonds. The number of hydrogen-bond donors (Lipinski definition) is 2. The molecule has 0 aliphatic rings. The van der Waals surface area contributed by atoms with Crippen LogP contribution in [-0.4, -0.2) is 26.5 Å². The van der Waals surface area contributed by atoms with Crippen LogP contribution in [-0.2, 0) is 0 Å². The van der Waals surface area contributed by atoms with Crippen LogP contribution >= 0.6 is 0 Å². The fourth-order valence-corrected chi connectivity index (χ4v) is 1.13. The Bertz CT molecular complexity index is 440. The van der Waals surface area contributed by atoms with Crippen LogP contribution < -0.4 is 10.5 Å². The molecule has 0 fully saturated rings. The fraction of sp³-hybridized carbons (Fsp3) is 0.500. The lowest BCUT2D eigenvalue weighted by molar-refractivity contribution is 0.309. The number of H-pyrrole nitrogens is 1. The Labute approximate surface area is 94.3 Å². The van der Waals surface area contributed by atoms with E-state index in [0.29, 0.717) is 23.7 Å². The van der Waals surface area contributed by atoms with Crippen LogP contribution in [0.4, 0.5) is 5.95 Å². The standard InChI is InChI=1S/C8H11N5O.C2H6/c1-2-3-14-7-5-6(11-4-10-5)12-8(9)13-7;1-2/h4H,2-3H2,1H3,(H3,9,10,11,12,13);1-2H3. The summed E-state index contributed by atoms with van der Waals surface area (Å²) in [5, 5.41) is 0. The van der Waals surface area contributed by atoms with Crippen LogP contribution in [0.5, 0.6) is 5.88 Å². The summed E-state index contributed by atoms with van der Waals surface area (Å²) in [6, 6.07) is 0.